The minimum absolute atomic E-state index is 0.0623. The number of carboxylic acid groups (broad SMARTS) is 1. The number of para-hydroxylation sites is 1. The molecule has 1 aromatic carbocycles. The molecule has 1 aromatic heterocycles. The summed E-state index contributed by atoms with van der Waals surface area (Å²) in [6, 6.07) is 7.61. The monoisotopic (exact) mass is 248 g/mol. The number of aromatic amines is 1. The molecular formula is C12H12N2O2S. The molecule has 2 aromatic rings. The van der Waals surface area contributed by atoms with Crippen molar-refractivity contribution in [2.24, 2.45) is 0 Å². The number of aliphatic carboxylic acids is 1. The molecule has 17 heavy (non-hydrogen) atoms. The summed E-state index contributed by atoms with van der Waals surface area (Å²) in [5.74, 6) is -0.167. The van der Waals surface area contributed by atoms with Gasteiger partial charge in [-0.2, -0.15) is 0 Å². The Hall–Kier alpha value is -1.46. The molecular weight excluding hydrogens is 236 g/mol. The number of aromatic nitrogens is 1. The zero-order chi connectivity index (χ0) is 11.8. The van der Waals surface area contributed by atoms with Gasteiger partial charge in [0.05, 0.1) is 5.37 Å². The maximum absolute atomic E-state index is 10.9. The molecule has 2 atom stereocenters. The van der Waals surface area contributed by atoms with Crippen molar-refractivity contribution in [3.05, 3.63) is 36.0 Å². The molecule has 2 heterocycles. The number of hydrogen-bond acceptors (Lipinski definition) is 3. The first kappa shape index (κ1) is 10.7. The van der Waals surface area contributed by atoms with Crippen LogP contribution in [0.5, 0.6) is 0 Å². The van der Waals surface area contributed by atoms with Crippen LogP contribution >= 0.6 is 11.8 Å². The Balaban J connectivity index is 1.93. The van der Waals surface area contributed by atoms with Crippen LogP contribution in [0.25, 0.3) is 10.9 Å². The fraction of sp³-hybridized carbons (Fsp3) is 0.250. The maximum atomic E-state index is 10.9. The molecule has 1 fully saturated rings. The highest BCUT2D eigenvalue weighted by Crippen LogP contribution is 2.36. The summed E-state index contributed by atoms with van der Waals surface area (Å²) >= 11 is 1.64. The summed E-state index contributed by atoms with van der Waals surface area (Å²) in [6.07, 6.45) is 1.96. The average Bonchev–Trinajstić information content (AvgIpc) is 2.95. The number of rotatable bonds is 2. The summed E-state index contributed by atoms with van der Waals surface area (Å²) in [4.78, 5) is 14.1. The molecule has 0 bridgehead atoms. The third-order valence-electron chi connectivity index (χ3n) is 2.98. The van der Waals surface area contributed by atoms with Gasteiger partial charge in [-0.15, -0.1) is 11.8 Å². The average molecular weight is 248 g/mol. The van der Waals surface area contributed by atoms with E-state index in [4.69, 9.17) is 5.11 Å². The standard InChI is InChI=1S/C12H12N2O2S/c15-12(16)10-6-17-11(14-10)8-5-13-9-4-2-1-3-7(8)9/h1-5,10-11,13-14H,6H2,(H,15,16)/t10-,11+/m0/s1. The molecule has 0 aliphatic carbocycles. The summed E-state index contributed by atoms with van der Waals surface area (Å²) in [5, 5.41) is 13.3. The summed E-state index contributed by atoms with van der Waals surface area (Å²) in [5.41, 5.74) is 2.22. The number of hydrogen-bond donors (Lipinski definition) is 3. The van der Waals surface area contributed by atoms with E-state index in [0.717, 1.165) is 16.5 Å². The van der Waals surface area contributed by atoms with Gasteiger partial charge in [0.25, 0.3) is 0 Å². The van der Waals surface area contributed by atoms with Crippen LogP contribution in [-0.2, 0) is 4.79 Å². The lowest BCUT2D eigenvalue weighted by Gasteiger charge is -2.09. The van der Waals surface area contributed by atoms with Crippen LogP contribution in [0.4, 0.5) is 0 Å². The van der Waals surface area contributed by atoms with Crippen molar-refractivity contribution in [3.8, 4) is 0 Å². The smallest absolute Gasteiger partial charge is 0.321 e. The lowest BCUT2D eigenvalue weighted by Crippen LogP contribution is -2.33. The third kappa shape index (κ3) is 1.81. The maximum Gasteiger partial charge on any atom is 0.321 e. The highest BCUT2D eigenvalue weighted by atomic mass is 32.2. The van der Waals surface area contributed by atoms with Crippen molar-refractivity contribution < 1.29 is 9.90 Å². The van der Waals surface area contributed by atoms with Crippen LogP contribution in [-0.4, -0.2) is 27.9 Å². The highest BCUT2D eigenvalue weighted by molar-refractivity contribution is 7.99. The molecule has 0 amide bonds. The molecule has 5 heteroatoms. The van der Waals surface area contributed by atoms with Crippen LogP contribution in [0.3, 0.4) is 0 Å². The van der Waals surface area contributed by atoms with Crippen LogP contribution in [0, 0.1) is 0 Å². The van der Waals surface area contributed by atoms with Gasteiger partial charge >= 0.3 is 5.97 Å². The van der Waals surface area contributed by atoms with Crippen molar-refractivity contribution in [2.75, 3.05) is 5.75 Å². The fourth-order valence-corrected chi connectivity index (χ4v) is 3.36. The number of nitrogens with one attached hydrogen (secondary N) is 2. The molecule has 1 aliphatic heterocycles. The molecule has 3 N–H and O–H groups in total. The Morgan fingerprint density at radius 2 is 2.24 bits per heavy atom. The van der Waals surface area contributed by atoms with Crippen molar-refractivity contribution in [2.45, 2.75) is 11.4 Å². The molecule has 88 valence electrons. The third-order valence-corrected chi connectivity index (χ3v) is 4.23. The molecule has 0 radical (unpaired) electrons. The first-order valence-electron chi connectivity index (χ1n) is 5.42. The number of thioether (sulfide) groups is 1. The molecule has 0 saturated carbocycles. The van der Waals surface area contributed by atoms with Gasteiger partial charge in [0, 0.05) is 28.4 Å². The van der Waals surface area contributed by atoms with Gasteiger partial charge in [0.1, 0.15) is 6.04 Å². The van der Waals surface area contributed by atoms with E-state index < -0.39 is 12.0 Å². The normalized spacial score (nSPS) is 24.2. The highest BCUT2D eigenvalue weighted by Gasteiger charge is 2.31. The summed E-state index contributed by atoms with van der Waals surface area (Å²) < 4.78 is 0. The number of carboxylic acids is 1. The fourth-order valence-electron chi connectivity index (χ4n) is 2.10. The van der Waals surface area contributed by atoms with E-state index in [1.54, 1.807) is 11.8 Å². The van der Waals surface area contributed by atoms with Crippen molar-refractivity contribution in [1.29, 1.82) is 0 Å². The Labute approximate surface area is 102 Å². The predicted molar refractivity (Wildman–Crippen MR) is 68.1 cm³/mol. The van der Waals surface area contributed by atoms with E-state index in [9.17, 15) is 4.79 Å². The van der Waals surface area contributed by atoms with Gasteiger partial charge in [0.15, 0.2) is 0 Å². The Morgan fingerprint density at radius 1 is 1.41 bits per heavy atom. The molecule has 4 nitrogen and oxygen atoms in total. The van der Waals surface area contributed by atoms with Crippen LogP contribution in [0.15, 0.2) is 30.5 Å². The van der Waals surface area contributed by atoms with Crippen LogP contribution in [0.2, 0.25) is 0 Å². The Bertz CT molecular complexity index is 566. The van der Waals surface area contributed by atoms with Crippen molar-refractivity contribution in [1.82, 2.24) is 10.3 Å². The zero-order valence-corrected chi connectivity index (χ0v) is 9.83. The quantitative estimate of drug-likeness (QED) is 0.760. The van der Waals surface area contributed by atoms with Gasteiger partial charge < -0.3 is 10.1 Å². The van der Waals surface area contributed by atoms with Gasteiger partial charge in [0.2, 0.25) is 0 Å². The zero-order valence-electron chi connectivity index (χ0n) is 9.01. The lowest BCUT2D eigenvalue weighted by atomic mass is 10.1. The molecule has 0 unspecified atom stereocenters. The summed E-state index contributed by atoms with van der Waals surface area (Å²) in [6.45, 7) is 0. The van der Waals surface area contributed by atoms with E-state index >= 15 is 0 Å². The lowest BCUT2D eigenvalue weighted by molar-refractivity contribution is -0.138. The predicted octanol–water partition coefficient (Wildman–Crippen LogP) is 1.96. The number of H-pyrrole nitrogens is 1. The van der Waals surface area contributed by atoms with Crippen molar-refractivity contribution in [3.63, 3.8) is 0 Å². The minimum atomic E-state index is -0.778. The number of benzene rings is 1. The van der Waals surface area contributed by atoms with Gasteiger partial charge in [-0.25, -0.2) is 0 Å². The second-order valence-electron chi connectivity index (χ2n) is 4.06. The van der Waals surface area contributed by atoms with E-state index in [-0.39, 0.29) is 5.37 Å². The first-order chi connectivity index (χ1) is 8.25. The van der Waals surface area contributed by atoms with E-state index in [1.807, 2.05) is 24.4 Å². The van der Waals surface area contributed by atoms with Crippen LogP contribution < -0.4 is 5.32 Å². The molecule has 1 saturated heterocycles. The minimum Gasteiger partial charge on any atom is -0.480 e. The second-order valence-corrected chi connectivity index (χ2v) is 5.20. The molecule has 3 rings (SSSR count). The summed E-state index contributed by atoms with van der Waals surface area (Å²) in [7, 11) is 0. The van der Waals surface area contributed by atoms with Gasteiger partial charge in [-0.3, -0.25) is 10.1 Å². The molecule has 1 aliphatic rings. The topological polar surface area (TPSA) is 65.1 Å². The SMILES string of the molecule is O=C(O)[C@@H]1CS[C@H](c2c[nH]c3ccccc23)N1. The van der Waals surface area contributed by atoms with Gasteiger partial charge in [-0.05, 0) is 6.07 Å². The number of carbonyl (C=O) groups is 1. The van der Waals surface area contributed by atoms with E-state index in [2.05, 4.69) is 16.4 Å². The van der Waals surface area contributed by atoms with Crippen molar-refractivity contribution >= 4 is 28.6 Å². The largest absolute Gasteiger partial charge is 0.480 e. The van der Waals surface area contributed by atoms with Gasteiger partial charge in [-0.1, -0.05) is 18.2 Å². The number of fused-ring (bicyclic) bond motifs is 1. The Morgan fingerprint density at radius 3 is 3.00 bits per heavy atom. The first-order valence-corrected chi connectivity index (χ1v) is 6.47. The second kappa shape index (κ2) is 4.09. The van der Waals surface area contributed by atoms with Crippen LogP contribution in [0.1, 0.15) is 10.9 Å². The van der Waals surface area contributed by atoms with E-state index in [0.29, 0.717) is 5.75 Å². The molecule has 0 spiro atoms. The van der Waals surface area contributed by atoms with E-state index in [1.165, 1.54) is 0 Å². The Kier molecular flexibility index (Phi) is 2.57.